The van der Waals surface area contributed by atoms with Crippen LogP contribution in [-0.2, 0) is 16.0 Å². The van der Waals surface area contributed by atoms with Gasteiger partial charge in [-0.25, -0.2) is 9.97 Å². The van der Waals surface area contributed by atoms with Crippen molar-refractivity contribution in [1.29, 1.82) is 0 Å². The Morgan fingerprint density at radius 3 is 2.72 bits per heavy atom. The van der Waals surface area contributed by atoms with Crippen LogP contribution in [0.3, 0.4) is 0 Å². The molecule has 0 radical (unpaired) electrons. The summed E-state index contributed by atoms with van der Waals surface area (Å²) in [4.78, 5) is 22.4. The maximum Gasteiger partial charge on any atom is 0.227 e. The third-order valence-electron chi connectivity index (χ3n) is 3.98. The van der Waals surface area contributed by atoms with E-state index < -0.39 is 5.60 Å². The quantitative estimate of drug-likeness (QED) is 0.833. The summed E-state index contributed by atoms with van der Waals surface area (Å²) in [5.74, 6) is 0.852. The fraction of sp³-hybridized carbons (Fsp3) is 0.421. The van der Waals surface area contributed by atoms with E-state index in [0.717, 1.165) is 11.3 Å². The first-order valence-corrected chi connectivity index (χ1v) is 8.39. The van der Waals surface area contributed by atoms with Gasteiger partial charge in [-0.2, -0.15) is 0 Å². The molecule has 6 nitrogen and oxygen atoms in total. The Morgan fingerprint density at radius 2 is 2.00 bits per heavy atom. The van der Waals surface area contributed by atoms with Gasteiger partial charge in [-0.15, -0.1) is 0 Å². The van der Waals surface area contributed by atoms with Crippen molar-refractivity contribution in [3.8, 4) is 5.75 Å². The Balaban J connectivity index is 1.61. The molecule has 0 bridgehead atoms. The summed E-state index contributed by atoms with van der Waals surface area (Å²) in [5, 5.41) is 0. The van der Waals surface area contributed by atoms with Crippen LogP contribution < -0.4 is 4.74 Å². The zero-order valence-electron chi connectivity index (χ0n) is 14.6. The van der Waals surface area contributed by atoms with Gasteiger partial charge in [0.15, 0.2) is 0 Å². The largest absolute Gasteiger partial charge is 0.491 e. The van der Waals surface area contributed by atoms with Crippen LogP contribution in [0.15, 0.2) is 49.1 Å². The number of carbonyl (C=O) groups is 1. The lowest BCUT2D eigenvalue weighted by atomic mass is 10.0. The monoisotopic (exact) mass is 341 g/mol. The van der Waals surface area contributed by atoms with Gasteiger partial charge in [0.1, 0.15) is 24.8 Å². The summed E-state index contributed by atoms with van der Waals surface area (Å²) in [6.07, 6.45) is 4.94. The van der Waals surface area contributed by atoms with Crippen molar-refractivity contribution in [2.75, 3.05) is 19.7 Å². The summed E-state index contributed by atoms with van der Waals surface area (Å²) in [7, 11) is 0. The third kappa shape index (κ3) is 5.00. The Labute approximate surface area is 147 Å². The fourth-order valence-electron chi connectivity index (χ4n) is 2.99. The van der Waals surface area contributed by atoms with Crippen molar-refractivity contribution in [3.63, 3.8) is 0 Å². The minimum absolute atomic E-state index is 0.0517. The van der Waals surface area contributed by atoms with Gasteiger partial charge in [-0.05, 0) is 31.5 Å². The van der Waals surface area contributed by atoms with Gasteiger partial charge in [0.05, 0.1) is 18.6 Å². The molecule has 0 aliphatic carbocycles. The second-order valence-corrected chi connectivity index (χ2v) is 6.82. The standard InChI is InChI=1S/C19H23N3O3/c1-19(2)13-22(18(23)8-15-9-20-14-21-10-15)11-17(25-19)12-24-16-6-4-3-5-7-16/h3-7,9-10,14,17H,8,11-13H2,1-2H3/t17-/m1/s1. The fourth-order valence-corrected chi connectivity index (χ4v) is 2.99. The number of hydrogen-bond donors (Lipinski definition) is 0. The Kier molecular flexibility index (Phi) is 5.28. The number of para-hydroxylation sites is 1. The van der Waals surface area contributed by atoms with Crippen LogP contribution in [0.1, 0.15) is 19.4 Å². The summed E-state index contributed by atoms with van der Waals surface area (Å²) in [6, 6.07) is 9.62. The van der Waals surface area contributed by atoms with E-state index in [-0.39, 0.29) is 12.0 Å². The number of aromatic nitrogens is 2. The molecule has 3 rings (SSSR count). The second-order valence-electron chi connectivity index (χ2n) is 6.82. The number of benzene rings is 1. The average Bonchev–Trinajstić information content (AvgIpc) is 2.60. The first-order chi connectivity index (χ1) is 12.0. The van der Waals surface area contributed by atoms with Crippen LogP contribution in [-0.4, -0.2) is 52.2 Å². The van der Waals surface area contributed by atoms with Crippen molar-refractivity contribution < 1.29 is 14.3 Å². The SMILES string of the molecule is CC1(C)CN(C(=O)Cc2cncnc2)C[C@H](COc2ccccc2)O1. The van der Waals surface area contributed by atoms with E-state index in [4.69, 9.17) is 9.47 Å². The van der Waals surface area contributed by atoms with E-state index in [1.807, 2.05) is 49.1 Å². The third-order valence-corrected chi connectivity index (χ3v) is 3.98. The summed E-state index contributed by atoms with van der Waals surface area (Å²) < 4.78 is 11.9. The molecule has 132 valence electrons. The van der Waals surface area contributed by atoms with Crippen LogP contribution >= 0.6 is 0 Å². The molecule has 25 heavy (non-hydrogen) atoms. The molecule has 1 aromatic heterocycles. The number of amides is 1. The molecular formula is C19H23N3O3. The Bertz CT molecular complexity index is 692. The minimum Gasteiger partial charge on any atom is -0.491 e. The van der Waals surface area contributed by atoms with E-state index in [0.29, 0.717) is 26.1 Å². The minimum atomic E-state index is -0.411. The lowest BCUT2D eigenvalue weighted by Gasteiger charge is -2.42. The molecule has 2 aromatic rings. The van der Waals surface area contributed by atoms with Gasteiger partial charge in [0, 0.05) is 18.9 Å². The lowest BCUT2D eigenvalue weighted by Crippen LogP contribution is -2.56. The molecule has 0 spiro atoms. The molecule has 2 heterocycles. The highest BCUT2D eigenvalue weighted by molar-refractivity contribution is 5.78. The zero-order valence-corrected chi connectivity index (χ0v) is 14.6. The van der Waals surface area contributed by atoms with Crippen molar-refractivity contribution in [2.24, 2.45) is 0 Å². The average molecular weight is 341 g/mol. The molecule has 1 aromatic carbocycles. The van der Waals surface area contributed by atoms with Crippen molar-refractivity contribution >= 4 is 5.91 Å². The van der Waals surface area contributed by atoms with E-state index >= 15 is 0 Å². The van der Waals surface area contributed by atoms with E-state index in [9.17, 15) is 4.79 Å². The van der Waals surface area contributed by atoms with Gasteiger partial charge in [-0.1, -0.05) is 18.2 Å². The van der Waals surface area contributed by atoms with Crippen LogP contribution in [0.5, 0.6) is 5.75 Å². The molecule has 1 aliphatic heterocycles. The van der Waals surface area contributed by atoms with Gasteiger partial charge >= 0.3 is 0 Å². The smallest absolute Gasteiger partial charge is 0.227 e. The van der Waals surface area contributed by atoms with Gasteiger partial charge < -0.3 is 14.4 Å². The molecule has 1 atom stereocenters. The highest BCUT2D eigenvalue weighted by atomic mass is 16.5. The first-order valence-electron chi connectivity index (χ1n) is 8.39. The molecule has 1 fully saturated rings. The lowest BCUT2D eigenvalue weighted by molar-refractivity contribution is -0.165. The molecular weight excluding hydrogens is 318 g/mol. The number of ether oxygens (including phenoxy) is 2. The number of morpholine rings is 1. The van der Waals surface area contributed by atoms with E-state index in [1.165, 1.54) is 6.33 Å². The number of hydrogen-bond acceptors (Lipinski definition) is 5. The Morgan fingerprint density at radius 1 is 1.28 bits per heavy atom. The van der Waals surface area contributed by atoms with E-state index in [1.54, 1.807) is 12.4 Å². The normalized spacial score (nSPS) is 19.4. The van der Waals surface area contributed by atoms with Gasteiger partial charge in [0.2, 0.25) is 5.91 Å². The summed E-state index contributed by atoms with van der Waals surface area (Å²) >= 11 is 0. The van der Waals surface area contributed by atoms with E-state index in [2.05, 4.69) is 9.97 Å². The van der Waals surface area contributed by atoms with Crippen LogP contribution in [0.2, 0.25) is 0 Å². The van der Waals surface area contributed by atoms with Gasteiger partial charge in [0.25, 0.3) is 0 Å². The van der Waals surface area contributed by atoms with Gasteiger partial charge in [-0.3, -0.25) is 4.79 Å². The van der Waals surface area contributed by atoms with Crippen molar-refractivity contribution in [3.05, 3.63) is 54.6 Å². The maximum atomic E-state index is 12.6. The zero-order chi connectivity index (χ0) is 17.7. The van der Waals surface area contributed by atoms with Crippen LogP contribution in [0.4, 0.5) is 0 Å². The van der Waals surface area contributed by atoms with Crippen LogP contribution in [0, 0.1) is 0 Å². The summed E-state index contributed by atoms with van der Waals surface area (Å²) in [6.45, 7) is 5.47. The molecule has 0 N–H and O–H groups in total. The predicted octanol–water partition coefficient (Wildman–Crippen LogP) is 2.10. The molecule has 1 aliphatic rings. The number of nitrogens with zero attached hydrogens (tertiary/aromatic N) is 3. The predicted molar refractivity (Wildman–Crippen MR) is 93.2 cm³/mol. The highest BCUT2D eigenvalue weighted by Gasteiger charge is 2.35. The van der Waals surface area contributed by atoms with Crippen LogP contribution in [0.25, 0.3) is 0 Å². The van der Waals surface area contributed by atoms with Crippen molar-refractivity contribution in [2.45, 2.75) is 32.0 Å². The second kappa shape index (κ2) is 7.61. The number of carbonyl (C=O) groups excluding carboxylic acids is 1. The topological polar surface area (TPSA) is 64.6 Å². The highest BCUT2D eigenvalue weighted by Crippen LogP contribution is 2.22. The molecule has 1 amide bonds. The molecule has 6 heteroatoms. The van der Waals surface area contributed by atoms with Crippen molar-refractivity contribution in [1.82, 2.24) is 14.9 Å². The molecule has 1 saturated heterocycles. The Hall–Kier alpha value is -2.47. The summed E-state index contributed by atoms with van der Waals surface area (Å²) in [5.41, 5.74) is 0.403. The number of rotatable bonds is 5. The first kappa shape index (κ1) is 17.4. The molecule has 0 saturated carbocycles. The molecule has 0 unspecified atom stereocenters. The maximum absolute atomic E-state index is 12.6.